The van der Waals surface area contributed by atoms with Crippen LogP contribution >= 0.6 is 11.6 Å². The first-order chi connectivity index (χ1) is 11.7. The average Bonchev–Trinajstić information content (AvgIpc) is 2.56. The van der Waals surface area contributed by atoms with E-state index in [1.165, 1.54) is 12.1 Å². The number of hydrogen-bond donors (Lipinski definition) is 1. The number of nitrogens with zero attached hydrogens (tertiary/aromatic N) is 2. The first-order valence-corrected chi connectivity index (χ1v) is 8.56. The molecule has 138 valence electrons. The van der Waals surface area contributed by atoms with Gasteiger partial charge in [0.05, 0.1) is 15.5 Å². The fraction of sp³-hybridized carbons (Fsp3) is 0.529. The summed E-state index contributed by atoms with van der Waals surface area (Å²) in [5.41, 5.74) is -0.0979. The van der Waals surface area contributed by atoms with Crippen LogP contribution in [0.4, 0.5) is 5.69 Å². The van der Waals surface area contributed by atoms with Gasteiger partial charge in [0.1, 0.15) is 6.04 Å². The number of likely N-dealkylation sites (N-methyl/N-ethyl adjacent to an activating group) is 1. The number of hydrogen-bond acceptors (Lipinski definition) is 4. The maximum Gasteiger partial charge on any atom is 0.270 e. The van der Waals surface area contributed by atoms with Gasteiger partial charge in [-0.1, -0.05) is 38.8 Å². The van der Waals surface area contributed by atoms with Gasteiger partial charge in [0.15, 0.2) is 0 Å². The second-order valence-electron chi connectivity index (χ2n) is 6.23. The molecule has 7 nitrogen and oxygen atoms in total. The molecule has 0 saturated heterocycles. The lowest BCUT2D eigenvalue weighted by atomic mass is 10.0. The van der Waals surface area contributed by atoms with Crippen molar-refractivity contribution >= 4 is 29.1 Å². The summed E-state index contributed by atoms with van der Waals surface area (Å²) in [6.45, 7) is 6.34. The van der Waals surface area contributed by atoms with Crippen molar-refractivity contribution in [3.8, 4) is 0 Å². The van der Waals surface area contributed by atoms with Gasteiger partial charge in [-0.2, -0.15) is 0 Å². The van der Waals surface area contributed by atoms with Crippen LogP contribution in [0.15, 0.2) is 18.2 Å². The molecule has 0 aromatic heterocycles. The molecule has 1 aromatic rings. The quantitative estimate of drug-likeness (QED) is 0.562. The van der Waals surface area contributed by atoms with Crippen LogP contribution < -0.4 is 5.32 Å². The molecule has 0 aliphatic carbocycles. The molecule has 1 aromatic carbocycles. The number of carbonyl (C=O) groups is 2. The van der Waals surface area contributed by atoms with Crippen LogP contribution in [0.2, 0.25) is 5.02 Å². The van der Waals surface area contributed by atoms with Gasteiger partial charge >= 0.3 is 0 Å². The Morgan fingerprint density at radius 1 is 1.36 bits per heavy atom. The molecule has 0 saturated carbocycles. The van der Waals surface area contributed by atoms with Gasteiger partial charge in [0, 0.05) is 25.7 Å². The number of nitro benzene ring substituents is 1. The van der Waals surface area contributed by atoms with Crippen molar-refractivity contribution in [1.29, 1.82) is 0 Å². The Bertz CT molecular complexity index is 649. The predicted molar refractivity (Wildman–Crippen MR) is 96.7 cm³/mol. The topological polar surface area (TPSA) is 92.6 Å². The van der Waals surface area contributed by atoms with Gasteiger partial charge in [-0.05, 0) is 18.4 Å². The first-order valence-electron chi connectivity index (χ1n) is 8.18. The summed E-state index contributed by atoms with van der Waals surface area (Å²) >= 11 is 5.98. The van der Waals surface area contributed by atoms with Gasteiger partial charge in [-0.3, -0.25) is 19.7 Å². The normalized spacial score (nSPS) is 11.9. The molecule has 0 radical (unpaired) electrons. The fourth-order valence-corrected chi connectivity index (χ4v) is 2.54. The Labute approximate surface area is 152 Å². The van der Waals surface area contributed by atoms with Crippen LogP contribution in [0.5, 0.6) is 0 Å². The number of unbranched alkanes of at least 4 members (excludes halogenated alkanes) is 1. The Morgan fingerprint density at radius 2 is 2.00 bits per heavy atom. The number of benzene rings is 1. The number of rotatable bonds is 8. The predicted octanol–water partition coefficient (Wildman–Crippen LogP) is 3.26. The molecular formula is C17H24ClN3O4. The fourth-order valence-electron chi connectivity index (χ4n) is 2.28. The maximum absolute atomic E-state index is 12.6. The highest BCUT2D eigenvalue weighted by molar-refractivity contribution is 6.34. The van der Waals surface area contributed by atoms with Crippen LogP contribution in [-0.4, -0.2) is 41.3 Å². The minimum atomic E-state index is -0.694. The van der Waals surface area contributed by atoms with E-state index >= 15 is 0 Å². The van der Waals surface area contributed by atoms with E-state index in [4.69, 9.17) is 11.6 Å². The molecule has 0 bridgehead atoms. The standard InChI is InChI=1S/C17H24ClN3O4/c1-5-6-9-20(4)17(23)15(11(2)3)19-16(22)13-8-7-12(21(24)25)10-14(13)18/h7-8,10-11,15H,5-6,9H2,1-4H3,(H,19,22). The molecule has 0 fully saturated rings. The van der Waals surface area contributed by atoms with E-state index in [-0.39, 0.29) is 28.1 Å². The lowest BCUT2D eigenvalue weighted by Crippen LogP contribution is -2.50. The third-order valence-corrected chi connectivity index (χ3v) is 4.16. The number of amides is 2. The van der Waals surface area contributed by atoms with E-state index in [1.807, 2.05) is 20.8 Å². The molecule has 1 unspecified atom stereocenters. The van der Waals surface area contributed by atoms with Crippen molar-refractivity contribution < 1.29 is 14.5 Å². The van der Waals surface area contributed by atoms with Gasteiger partial charge in [-0.25, -0.2) is 0 Å². The number of nitrogens with one attached hydrogen (secondary N) is 1. The highest BCUT2D eigenvalue weighted by atomic mass is 35.5. The molecule has 2 amide bonds. The van der Waals surface area contributed by atoms with Crippen molar-refractivity contribution in [3.63, 3.8) is 0 Å². The molecular weight excluding hydrogens is 346 g/mol. The minimum absolute atomic E-state index is 0.0269. The Kier molecular flexibility index (Phi) is 7.83. The van der Waals surface area contributed by atoms with Crippen molar-refractivity contribution in [2.24, 2.45) is 5.92 Å². The van der Waals surface area contributed by atoms with Crippen LogP contribution in [0, 0.1) is 16.0 Å². The SMILES string of the molecule is CCCCN(C)C(=O)C(NC(=O)c1ccc([N+](=O)[O-])cc1Cl)C(C)C. The summed E-state index contributed by atoms with van der Waals surface area (Å²) in [6.07, 6.45) is 1.85. The summed E-state index contributed by atoms with van der Waals surface area (Å²) in [6, 6.07) is 2.93. The highest BCUT2D eigenvalue weighted by Gasteiger charge is 2.28. The third kappa shape index (κ3) is 5.70. The maximum atomic E-state index is 12.6. The summed E-state index contributed by atoms with van der Waals surface area (Å²) in [5, 5.41) is 13.4. The lowest BCUT2D eigenvalue weighted by Gasteiger charge is -2.27. The molecule has 0 aliphatic rings. The van der Waals surface area contributed by atoms with Crippen LogP contribution in [0.1, 0.15) is 44.0 Å². The van der Waals surface area contributed by atoms with E-state index < -0.39 is 16.9 Å². The molecule has 0 aliphatic heterocycles. The van der Waals surface area contributed by atoms with Crippen LogP contribution in [-0.2, 0) is 4.79 Å². The largest absolute Gasteiger partial charge is 0.344 e. The molecule has 25 heavy (non-hydrogen) atoms. The van der Waals surface area contributed by atoms with E-state index in [0.29, 0.717) is 6.54 Å². The van der Waals surface area contributed by atoms with Gasteiger partial charge in [0.2, 0.25) is 5.91 Å². The number of carbonyl (C=O) groups excluding carboxylic acids is 2. The van der Waals surface area contributed by atoms with Gasteiger partial charge in [0.25, 0.3) is 11.6 Å². The van der Waals surface area contributed by atoms with E-state index in [2.05, 4.69) is 5.32 Å². The summed E-state index contributed by atoms with van der Waals surface area (Å²) in [5.74, 6) is -0.817. The summed E-state index contributed by atoms with van der Waals surface area (Å²) in [4.78, 5) is 36.8. The van der Waals surface area contributed by atoms with E-state index in [9.17, 15) is 19.7 Å². The molecule has 1 atom stereocenters. The summed E-state index contributed by atoms with van der Waals surface area (Å²) in [7, 11) is 1.71. The smallest absolute Gasteiger partial charge is 0.270 e. The van der Waals surface area contributed by atoms with E-state index in [0.717, 1.165) is 18.9 Å². The second kappa shape index (κ2) is 9.36. The molecule has 1 rings (SSSR count). The highest BCUT2D eigenvalue weighted by Crippen LogP contribution is 2.22. The van der Waals surface area contributed by atoms with Gasteiger partial charge in [-0.15, -0.1) is 0 Å². The molecule has 0 spiro atoms. The Balaban J connectivity index is 2.93. The van der Waals surface area contributed by atoms with Crippen molar-refractivity contribution in [3.05, 3.63) is 38.9 Å². The van der Waals surface area contributed by atoms with Crippen LogP contribution in [0.25, 0.3) is 0 Å². The molecule has 1 N–H and O–H groups in total. The molecule has 0 heterocycles. The summed E-state index contributed by atoms with van der Waals surface area (Å²) < 4.78 is 0. The van der Waals surface area contributed by atoms with Crippen molar-refractivity contribution in [2.45, 2.75) is 39.7 Å². The number of nitro groups is 1. The third-order valence-electron chi connectivity index (χ3n) is 3.85. The molecule has 8 heteroatoms. The van der Waals surface area contributed by atoms with Crippen molar-refractivity contribution in [1.82, 2.24) is 10.2 Å². The number of halogens is 1. The van der Waals surface area contributed by atoms with Crippen LogP contribution in [0.3, 0.4) is 0 Å². The second-order valence-corrected chi connectivity index (χ2v) is 6.64. The Hall–Kier alpha value is -2.15. The number of non-ortho nitro benzene ring substituents is 1. The zero-order valence-electron chi connectivity index (χ0n) is 14.9. The zero-order chi connectivity index (χ0) is 19.1. The lowest BCUT2D eigenvalue weighted by molar-refractivity contribution is -0.384. The van der Waals surface area contributed by atoms with E-state index in [1.54, 1.807) is 11.9 Å². The van der Waals surface area contributed by atoms with Crippen molar-refractivity contribution in [2.75, 3.05) is 13.6 Å². The zero-order valence-corrected chi connectivity index (χ0v) is 15.7. The monoisotopic (exact) mass is 369 g/mol. The Morgan fingerprint density at radius 3 is 2.48 bits per heavy atom. The van der Waals surface area contributed by atoms with Gasteiger partial charge < -0.3 is 10.2 Å². The minimum Gasteiger partial charge on any atom is -0.344 e. The average molecular weight is 370 g/mol. The first kappa shape index (κ1) is 20.9.